The van der Waals surface area contributed by atoms with Crippen molar-refractivity contribution in [2.75, 3.05) is 13.7 Å². The number of esters is 1. The first-order valence-electron chi connectivity index (χ1n) is 4.47. The summed E-state index contributed by atoms with van der Waals surface area (Å²) in [5.41, 5.74) is 2.86. The molecule has 1 aromatic heterocycles. The Balaban J connectivity index is 1.97. The van der Waals surface area contributed by atoms with E-state index in [1.807, 2.05) is 10.9 Å². The van der Waals surface area contributed by atoms with E-state index in [1.54, 1.807) is 11.3 Å². The van der Waals surface area contributed by atoms with Gasteiger partial charge in [0.25, 0.3) is 0 Å². The van der Waals surface area contributed by atoms with Gasteiger partial charge in [0.2, 0.25) is 0 Å². The monoisotopic (exact) mass is 214 g/mol. The molecular formula is C9H14N2O2S. The number of hydrogen-bond donors (Lipinski definition) is 1. The van der Waals surface area contributed by atoms with Gasteiger partial charge in [-0.2, -0.15) is 0 Å². The predicted molar refractivity (Wildman–Crippen MR) is 55.1 cm³/mol. The fourth-order valence-electron chi connectivity index (χ4n) is 1.00. The van der Waals surface area contributed by atoms with E-state index in [4.69, 9.17) is 0 Å². The predicted octanol–water partition coefficient (Wildman–Crippen LogP) is 1.19. The molecule has 0 aliphatic rings. The van der Waals surface area contributed by atoms with Crippen molar-refractivity contribution in [1.82, 2.24) is 10.3 Å². The number of aromatic nitrogens is 1. The van der Waals surface area contributed by atoms with Crippen molar-refractivity contribution in [1.29, 1.82) is 0 Å². The van der Waals surface area contributed by atoms with Gasteiger partial charge >= 0.3 is 5.97 Å². The van der Waals surface area contributed by atoms with E-state index >= 15 is 0 Å². The van der Waals surface area contributed by atoms with Crippen molar-refractivity contribution >= 4 is 17.3 Å². The molecule has 14 heavy (non-hydrogen) atoms. The Bertz CT molecular complexity index is 262. The maximum atomic E-state index is 10.7. The molecular weight excluding hydrogens is 200 g/mol. The second-order valence-electron chi connectivity index (χ2n) is 2.84. The van der Waals surface area contributed by atoms with Crippen LogP contribution in [0.15, 0.2) is 10.9 Å². The molecule has 0 saturated carbocycles. The number of nitrogens with one attached hydrogen (secondary N) is 1. The average Bonchev–Trinajstić information content (AvgIpc) is 2.69. The number of carbonyl (C=O) groups excluding carboxylic acids is 1. The number of nitrogens with zero attached hydrogens (tertiary/aromatic N) is 1. The number of hydrogen-bond acceptors (Lipinski definition) is 5. The summed E-state index contributed by atoms with van der Waals surface area (Å²) in [7, 11) is 1.41. The summed E-state index contributed by atoms with van der Waals surface area (Å²) in [5, 5.41) is 5.21. The molecule has 0 atom stereocenters. The normalized spacial score (nSPS) is 10.1. The van der Waals surface area contributed by atoms with Crippen molar-refractivity contribution in [2.45, 2.75) is 19.4 Å². The second-order valence-corrected chi connectivity index (χ2v) is 3.55. The van der Waals surface area contributed by atoms with Gasteiger partial charge in [-0.3, -0.25) is 4.79 Å². The van der Waals surface area contributed by atoms with Crippen molar-refractivity contribution in [3.8, 4) is 0 Å². The van der Waals surface area contributed by atoms with Crippen LogP contribution in [0.2, 0.25) is 0 Å². The second kappa shape index (κ2) is 6.50. The molecule has 0 aliphatic heterocycles. The van der Waals surface area contributed by atoms with Crippen molar-refractivity contribution < 1.29 is 9.53 Å². The zero-order chi connectivity index (χ0) is 10.2. The van der Waals surface area contributed by atoms with E-state index < -0.39 is 0 Å². The van der Waals surface area contributed by atoms with Crippen molar-refractivity contribution in [3.05, 3.63) is 16.6 Å². The molecule has 1 N–H and O–H groups in total. The van der Waals surface area contributed by atoms with Crippen molar-refractivity contribution in [2.24, 2.45) is 0 Å². The molecule has 0 amide bonds. The molecule has 0 aliphatic carbocycles. The summed E-state index contributed by atoms with van der Waals surface area (Å²) in [4.78, 5) is 14.9. The lowest BCUT2D eigenvalue weighted by Crippen LogP contribution is -2.16. The summed E-state index contributed by atoms with van der Waals surface area (Å²) in [6.07, 6.45) is 1.28. The van der Waals surface area contributed by atoms with Crippen LogP contribution in [0.4, 0.5) is 0 Å². The molecule has 0 saturated heterocycles. The van der Waals surface area contributed by atoms with Crippen LogP contribution in [0.25, 0.3) is 0 Å². The van der Waals surface area contributed by atoms with Crippen LogP contribution in [0.5, 0.6) is 0 Å². The number of rotatable bonds is 6. The Labute approximate surface area is 87.3 Å². The van der Waals surface area contributed by atoms with Crippen LogP contribution in [0.1, 0.15) is 18.5 Å². The van der Waals surface area contributed by atoms with Gasteiger partial charge in [0.15, 0.2) is 0 Å². The van der Waals surface area contributed by atoms with E-state index in [2.05, 4.69) is 15.0 Å². The molecule has 0 fully saturated rings. The molecule has 1 rings (SSSR count). The molecule has 0 bridgehead atoms. The lowest BCUT2D eigenvalue weighted by Gasteiger charge is -2.01. The quantitative estimate of drug-likeness (QED) is 0.571. The zero-order valence-corrected chi connectivity index (χ0v) is 8.97. The molecule has 1 aromatic rings. The first-order valence-corrected chi connectivity index (χ1v) is 5.42. The molecule has 1 heterocycles. The van der Waals surface area contributed by atoms with E-state index in [9.17, 15) is 4.79 Å². The highest BCUT2D eigenvalue weighted by Gasteiger charge is 1.99. The van der Waals surface area contributed by atoms with Gasteiger partial charge in [-0.05, 0) is 13.0 Å². The van der Waals surface area contributed by atoms with Gasteiger partial charge in [-0.1, -0.05) is 0 Å². The number of methoxy groups -OCH3 is 1. The summed E-state index contributed by atoms with van der Waals surface area (Å²) in [6.45, 7) is 1.58. The van der Waals surface area contributed by atoms with Crippen LogP contribution in [0.3, 0.4) is 0 Å². The Kier molecular flexibility index (Phi) is 5.17. The number of ether oxygens (including phenoxy) is 1. The molecule has 4 nitrogen and oxygen atoms in total. The van der Waals surface area contributed by atoms with Gasteiger partial charge in [0.05, 0.1) is 18.3 Å². The smallest absolute Gasteiger partial charge is 0.305 e. The minimum Gasteiger partial charge on any atom is -0.469 e. The minimum absolute atomic E-state index is 0.152. The summed E-state index contributed by atoms with van der Waals surface area (Å²) in [6, 6.07) is 0. The Hall–Kier alpha value is -0.940. The van der Waals surface area contributed by atoms with Gasteiger partial charge < -0.3 is 10.1 Å². The van der Waals surface area contributed by atoms with E-state index in [0.717, 1.165) is 25.2 Å². The highest BCUT2D eigenvalue weighted by Crippen LogP contribution is 1.99. The van der Waals surface area contributed by atoms with Gasteiger partial charge in [-0.25, -0.2) is 4.98 Å². The van der Waals surface area contributed by atoms with Crippen LogP contribution in [-0.4, -0.2) is 24.6 Å². The fraction of sp³-hybridized carbons (Fsp3) is 0.556. The molecule has 78 valence electrons. The zero-order valence-electron chi connectivity index (χ0n) is 8.16. The largest absolute Gasteiger partial charge is 0.469 e. The van der Waals surface area contributed by atoms with E-state index in [1.165, 1.54) is 7.11 Å². The molecule has 0 radical (unpaired) electrons. The van der Waals surface area contributed by atoms with Crippen LogP contribution in [-0.2, 0) is 16.1 Å². The molecule has 5 heteroatoms. The minimum atomic E-state index is -0.152. The van der Waals surface area contributed by atoms with Crippen LogP contribution >= 0.6 is 11.3 Å². The Morgan fingerprint density at radius 3 is 3.21 bits per heavy atom. The van der Waals surface area contributed by atoms with Gasteiger partial charge in [-0.15, -0.1) is 11.3 Å². The number of thiazole rings is 1. The van der Waals surface area contributed by atoms with Crippen LogP contribution < -0.4 is 5.32 Å². The summed E-state index contributed by atoms with van der Waals surface area (Å²) >= 11 is 1.59. The lowest BCUT2D eigenvalue weighted by atomic mass is 10.3. The molecule has 0 unspecified atom stereocenters. The fourth-order valence-corrected chi connectivity index (χ4v) is 1.56. The van der Waals surface area contributed by atoms with Crippen LogP contribution in [0, 0.1) is 0 Å². The summed E-state index contributed by atoms with van der Waals surface area (Å²) < 4.78 is 4.53. The van der Waals surface area contributed by atoms with Crippen molar-refractivity contribution in [3.63, 3.8) is 0 Å². The third-order valence-corrected chi connectivity index (χ3v) is 2.39. The summed E-state index contributed by atoms with van der Waals surface area (Å²) in [5.74, 6) is -0.152. The highest BCUT2D eigenvalue weighted by atomic mass is 32.1. The topological polar surface area (TPSA) is 51.2 Å². The Morgan fingerprint density at radius 2 is 2.57 bits per heavy atom. The SMILES string of the molecule is COC(=O)CCCNCc1cscn1. The Morgan fingerprint density at radius 1 is 1.71 bits per heavy atom. The van der Waals surface area contributed by atoms with Gasteiger partial charge in [0, 0.05) is 18.3 Å². The highest BCUT2D eigenvalue weighted by molar-refractivity contribution is 7.07. The maximum Gasteiger partial charge on any atom is 0.305 e. The first kappa shape index (κ1) is 11.1. The standard InChI is InChI=1S/C9H14N2O2S/c1-13-9(12)3-2-4-10-5-8-6-14-7-11-8/h6-7,10H,2-5H2,1H3. The lowest BCUT2D eigenvalue weighted by molar-refractivity contribution is -0.140. The maximum absolute atomic E-state index is 10.7. The van der Waals surface area contributed by atoms with Gasteiger partial charge in [0.1, 0.15) is 0 Å². The third kappa shape index (κ3) is 4.34. The number of carbonyl (C=O) groups is 1. The van der Waals surface area contributed by atoms with E-state index in [-0.39, 0.29) is 5.97 Å². The average molecular weight is 214 g/mol. The van der Waals surface area contributed by atoms with E-state index in [0.29, 0.717) is 6.42 Å². The molecule has 0 spiro atoms. The molecule has 0 aromatic carbocycles. The first-order chi connectivity index (χ1) is 6.83. The third-order valence-electron chi connectivity index (χ3n) is 1.75.